The van der Waals surface area contributed by atoms with Gasteiger partial charge in [0.05, 0.1) is 0 Å². The van der Waals surface area contributed by atoms with Gasteiger partial charge in [-0.25, -0.2) is 0 Å². The van der Waals surface area contributed by atoms with Crippen LogP contribution >= 0.6 is 31.5 Å². The quantitative estimate of drug-likeness (QED) is 0.454. The Morgan fingerprint density at radius 3 is 1.87 bits per heavy atom. The third-order valence-corrected chi connectivity index (χ3v) is 2.25. The van der Waals surface area contributed by atoms with Crippen LogP contribution in [-0.2, 0) is 9.09 Å². The number of halogens is 2. The molecule has 0 heterocycles. The van der Waals surface area contributed by atoms with Crippen molar-refractivity contribution in [1.29, 1.82) is 0 Å². The molecule has 1 N–H and O–H groups in total. The number of alkyl halides is 1. The maximum atomic E-state index is 10.4. The van der Waals surface area contributed by atoms with Crippen molar-refractivity contribution in [2.45, 2.75) is 17.9 Å². The second kappa shape index (κ2) is 10.5. The molecule has 1 unspecified atom stereocenters. The van der Waals surface area contributed by atoms with Crippen molar-refractivity contribution in [3.8, 4) is 0 Å². The predicted octanol–water partition coefficient (Wildman–Crippen LogP) is 3.84. The first kappa shape index (κ1) is 17.3. The largest absolute Gasteiger partial charge is 0.326 e. The minimum absolute atomic E-state index is 0.303. The van der Waals surface area contributed by atoms with Gasteiger partial charge in [-0.2, -0.15) is 0 Å². The Morgan fingerprint density at radius 2 is 1.67 bits per heavy atom. The van der Waals surface area contributed by atoms with E-state index in [9.17, 15) is 4.57 Å². The fourth-order valence-corrected chi connectivity index (χ4v) is 1.65. The molecule has 15 heavy (non-hydrogen) atoms. The fourth-order valence-electron chi connectivity index (χ4n) is 0.754. The molecular weight excluding hydrogens is 258 g/mol. The van der Waals surface area contributed by atoms with Crippen LogP contribution in [0.2, 0.25) is 0 Å². The third-order valence-electron chi connectivity index (χ3n) is 1.17. The SMILES string of the molecule is C=CCC(Cl)(CC=C)O[PH](=O)O.C=CCl. The van der Waals surface area contributed by atoms with E-state index in [1.807, 2.05) is 0 Å². The van der Waals surface area contributed by atoms with Crippen molar-refractivity contribution in [2.75, 3.05) is 0 Å². The Hall–Kier alpha value is -0.0500. The van der Waals surface area contributed by atoms with E-state index in [1.54, 1.807) is 0 Å². The van der Waals surface area contributed by atoms with Gasteiger partial charge in [-0.1, -0.05) is 41.9 Å². The highest BCUT2D eigenvalue weighted by atomic mass is 35.5. The van der Waals surface area contributed by atoms with Gasteiger partial charge in [-0.05, 0) is 5.54 Å². The van der Waals surface area contributed by atoms with Crippen LogP contribution in [-0.4, -0.2) is 9.95 Å². The lowest BCUT2D eigenvalue weighted by atomic mass is 10.2. The molecule has 0 aromatic rings. The molecule has 6 heteroatoms. The van der Waals surface area contributed by atoms with Crippen molar-refractivity contribution in [1.82, 2.24) is 0 Å². The maximum absolute atomic E-state index is 10.4. The van der Waals surface area contributed by atoms with Gasteiger partial charge < -0.3 is 4.89 Å². The molecule has 0 rings (SSSR count). The third kappa shape index (κ3) is 11.9. The van der Waals surface area contributed by atoms with Crippen LogP contribution in [0.15, 0.2) is 37.4 Å². The summed E-state index contributed by atoms with van der Waals surface area (Å²) in [6.07, 6.45) is 3.66. The van der Waals surface area contributed by atoms with E-state index >= 15 is 0 Å². The van der Waals surface area contributed by atoms with E-state index in [2.05, 4.69) is 24.3 Å². The lowest BCUT2D eigenvalue weighted by molar-refractivity contribution is 0.154. The van der Waals surface area contributed by atoms with Crippen LogP contribution in [0, 0.1) is 0 Å². The molecule has 0 saturated heterocycles. The standard InChI is InChI=1S/C7H12ClO3P.C2H3Cl/c1-3-5-7(8,6-4-2)11-12(9)10;1-2-3/h3-4,12H,1-2,5-6H2,(H,9,10);2H,1H2. The van der Waals surface area contributed by atoms with Crippen LogP contribution in [0.1, 0.15) is 12.8 Å². The molecule has 0 fully saturated rings. The Labute approximate surface area is 101 Å². The van der Waals surface area contributed by atoms with Gasteiger partial charge in [-0.15, -0.1) is 13.2 Å². The minimum atomic E-state index is -3.01. The zero-order valence-corrected chi connectivity index (χ0v) is 10.8. The molecule has 88 valence electrons. The molecule has 0 aliphatic rings. The number of hydrogen-bond donors (Lipinski definition) is 1. The van der Waals surface area contributed by atoms with Gasteiger partial charge >= 0.3 is 8.25 Å². The summed E-state index contributed by atoms with van der Waals surface area (Å²) in [5.41, 5.74) is 1.22. The van der Waals surface area contributed by atoms with Crippen LogP contribution in [0.3, 0.4) is 0 Å². The average Bonchev–Trinajstić information content (AvgIpc) is 2.03. The highest BCUT2D eigenvalue weighted by molar-refractivity contribution is 7.32. The topological polar surface area (TPSA) is 46.5 Å². The summed E-state index contributed by atoms with van der Waals surface area (Å²) < 4.78 is 15.0. The molecule has 0 aromatic carbocycles. The number of hydrogen-bond acceptors (Lipinski definition) is 2. The van der Waals surface area contributed by atoms with Gasteiger partial charge in [0.15, 0.2) is 5.06 Å². The van der Waals surface area contributed by atoms with Crippen LogP contribution in [0.5, 0.6) is 0 Å². The summed E-state index contributed by atoms with van der Waals surface area (Å²) in [6, 6.07) is 0. The van der Waals surface area contributed by atoms with E-state index in [0.717, 1.165) is 0 Å². The summed E-state index contributed by atoms with van der Waals surface area (Å²) in [4.78, 5) is 8.51. The first-order chi connectivity index (χ1) is 6.95. The monoisotopic (exact) mass is 272 g/mol. The molecule has 0 saturated carbocycles. The van der Waals surface area contributed by atoms with E-state index in [1.165, 1.54) is 17.7 Å². The minimum Gasteiger partial charge on any atom is -0.326 e. The van der Waals surface area contributed by atoms with Crippen molar-refractivity contribution in [2.24, 2.45) is 0 Å². The molecule has 0 amide bonds. The maximum Gasteiger partial charge on any atom is 0.318 e. The lowest BCUT2D eigenvalue weighted by Gasteiger charge is -2.22. The molecule has 0 aliphatic heterocycles. The van der Waals surface area contributed by atoms with E-state index in [-0.39, 0.29) is 0 Å². The van der Waals surface area contributed by atoms with E-state index < -0.39 is 13.3 Å². The summed E-state index contributed by atoms with van der Waals surface area (Å²) in [5.74, 6) is 0. The predicted molar refractivity (Wildman–Crippen MR) is 66.6 cm³/mol. The fraction of sp³-hybridized carbons (Fsp3) is 0.333. The second-order valence-corrected chi connectivity index (χ2v) is 4.12. The summed E-state index contributed by atoms with van der Waals surface area (Å²) in [6.45, 7) is 10.1. The molecule has 0 aromatic heterocycles. The average molecular weight is 273 g/mol. The zero-order chi connectivity index (χ0) is 12.3. The highest BCUT2D eigenvalue weighted by Gasteiger charge is 2.26. The van der Waals surface area contributed by atoms with E-state index in [4.69, 9.17) is 28.1 Å². The van der Waals surface area contributed by atoms with Crippen molar-refractivity contribution in [3.05, 3.63) is 37.4 Å². The Bertz CT molecular complexity index is 221. The Kier molecular flexibility index (Phi) is 12.1. The van der Waals surface area contributed by atoms with Crippen LogP contribution < -0.4 is 0 Å². The Morgan fingerprint density at radius 1 is 1.33 bits per heavy atom. The van der Waals surface area contributed by atoms with Gasteiger partial charge in [0, 0.05) is 12.8 Å². The molecule has 3 nitrogen and oxygen atoms in total. The summed E-state index contributed by atoms with van der Waals surface area (Å²) in [7, 11) is -3.01. The van der Waals surface area contributed by atoms with Crippen molar-refractivity contribution < 1.29 is 14.0 Å². The van der Waals surface area contributed by atoms with Crippen molar-refractivity contribution >= 4 is 31.5 Å². The van der Waals surface area contributed by atoms with Gasteiger partial charge in [-0.3, -0.25) is 9.09 Å². The molecule has 0 radical (unpaired) electrons. The first-order valence-electron chi connectivity index (χ1n) is 3.99. The zero-order valence-electron chi connectivity index (χ0n) is 8.29. The van der Waals surface area contributed by atoms with Gasteiger partial charge in [0.2, 0.25) is 0 Å². The van der Waals surface area contributed by atoms with Gasteiger partial charge in [0.1, 0.15) is 0 Å². The molecule has 0 bridgehead atoms. The van der Waals surface area contributed by atoms with Crippen LogP contribution in [0.25, 0.3) is 0 Å². The molecule has 1 atom stereocenters. The van der Waals surface area contributed by atoms with Crippen LogP contribution in [0.4, 0.5) is 0 Å². The van der Waals surface area contributed by atoms with Gasteiger partial charge in [0.25, 0.3) is 0 Å². The lowest BCUT2D eigenvalue weighted by Crippen LogP contribution is -2.20. The molecular formula is C9H15Cl2O3P. The summed E-state index contributed by atoms with van der Waals surface area (Å²) >= 11 is 10.6. The first-order valence-corrected chi connectivity index (χ1v) is 6.07. The number of rotatable bonds is 6. The highest BCUT2D eigenvalue weighted by Crippen LogP contribution is 2.35. The smallest absolute Gasteiger partial charge is 0.318 e. The normalized spacial score (nSPS) is 11.9. The molecule has 0 spiro atoms. The molecule has 0 aliphatic carbocycles. The summed E-state index contributed by atoms with van der Waals surface area (Å²) in [5, 5.41) is -1.16. The van der Waals surface area contributed by atoms with E-state index in [0.29, 0.717) is 12.8 Å². The van der Waals surface area contributed by atoms with Crippen molar-refractivity contribution in [3.63, 3.8) is 0 Å². The Balaban J connectivity index is 0. The second-order valence-electron chi connectivity index (χ2n) is 2.39.